The van der Waals surface area contributed by atoms with Gasteiger partial charge in [-0.1, -0.05) is 6.92 Å². The van der Waals surface area contributed by atoms with Crippen LogP contribution < -0.4 is 0 Å². The average Bonchev–Trinajstić information content (AvgIpc) is 2.91. The molecule has 1 unspecified atom stereocenters. The van der Waals surface area contributed by atoms with E-state index in [1.54, 1.807) is 13.3 Å². The minimum atomic E-state index is -0.851. The SMILES string of the molecule is COCCn1ncc(Br)c1C(C)(O)C1(C)CC1. The third-order valence-electron chi connectivity index (χ3n) is 3.94. The topological polar surface area (TPSA) is 47.3 Å². The molecule has 0 radical (unpaired) electrons. The Morgan fingerprint density at radius 2 is 2.29 bits per heavy atom. The maximum absolute atomic E-state index is 10.8. The molecule has 0 amide bonds. The van der Waals surface area contributed by atoms with Crippen molar-refractivity contribution in [2.45, 2.75) is 38.8 Å². The van der Waals surface area contributed by atoms with E-state index in [2.05, 4.69) is 28.0 Å². The van der Waals surface area contributed by atoms with E-state index in [1.165, 1.54) is 0 Å². The van der Waals surface area contributed by atoms with Gasteiger partial charge in [0.1, 0.15) is 5.60 Å². The summed E-state index contributed by atoms with van der Waals surface area (Å²) in [7, 11) is 1.67. The third kappa shape index (κ3) is 2.16. The van der Waals surface area contributed by atoms with Gasteiger partial charge in [0.25, 0.3) is 0 Å². The normalized spacial score (nSPS) is 21.2. The summed E-state index contributed by atoms with van der Waals surface area (Å²) in [5.74, 6) is 0. The van der Waals surface area contributed by atoms with Crippen LogP contribution in [0.15, 0.2) is 10.7 Å². The van der Waals surface area contributed by atoms with Crippen LogP contribution in [0.25, 0.3) is 0 Å². The molecule has 0 bridgehead atoms. The maximum Gasteiger partial charge on any atom is 0.110 e. The summed E-state index contributed by atoms with van der Waals surface area (Å²) in [6.45, 7) is 5.25. The number of ether oxygens (including phenoxy) is 1. The Morgan fingerprint density at radius 1 is 1.65 bits per heavy atom. The van der Waals surface area contributed by atoms with Gasteiger partial charge in [0.2, 0.25) is 0 Å². The summed E-state index contributed by atoms with van der Waals surface area (Å²) < 4.78 is 7.76. The Bertz CT molecular complexity index is 411. The molecule has 1 N–H and O–H groups in total. The number of methoxy groups -OCH3 is 1. The smallest absolute Gasteiger partial charge is 0.110 e. The van der Waals surface area contributed by atoms with Crippen molar-refractivity contribution >= 4 is 15.9 Å². The van der Waals surface area contributed by atoms with Crippen molar-refractivity contribution in [2.75, 3.05) is 13.7 Å². The number of nitrogens with zero attached hydrogens (tertiary/aromatic N) is 2. The fourth-order valence-electron chi connectivity index (χ4n) is 2.15. The summed E-state index contributed by atoms with van der Waals surface area (Å²) in [6.07, 6.45) is 3.86. The first-order valence-electron chi connectivity index (χ1n) is 5.85. The van der Waals surface area contributed by atoms with Gasteiger partial charge < -0.3 is 9.84 Å². The van der Waals surface area contributed by atoms with Crippen LogP contribution in [-0.2, 0) is 16.9 Å². The van der Waals surface area contributed by atoms with Crippen molar-refractivity contribution < 1.29 is 9.84 Å². The highest BCUT2D eigenvalue weighted by Crippen LogP contribution is 2.58. The molecular weight excluding hydrogens is 284 g/mol. The molecule has 1 aliphatic rings. The van der Waals surface area contributed by atoms with Crippen molar-refractivity contribution in [3.05, 3.63) is 16.4 Å². The molecule has 96 valence electrons. The van der Waals surface area contributed by atoms with Crippen LogP contribution >= 0.6 is 15.9 Å². The second-order valence-corrected chi connectivity index (χ2v) is 6.04. The highest BCUT2D eigenvalue weighted by Gasteiger charge is 2.55. The molecule has 1 aromatic rings. The van der Waals surface area contributed by atoms with Crippen molar-refractivity contribution in [2.24, 2.45) is 5.41 Å². The van der Waals surface area contributed by atoms with Gasteiger partial charge in [-0.2, -0.15) is 5.10 Å². The monoisotopic (exact) mass is 302 g/mol. The van der Waals surface area contributed by atoms with E-state index >= 15 is 0 Å². The van der Waals surface area contributed by atoms with E-state index in [1.807, 2.05) is 11.6 Å². The van der Waals surface area contributed by atoms with Crippen LogP contribution in [0.4, 0.5) is 0 Å². The predicted molar refractivity (Wildman–Crippen MR) is 68.7 cm³/mol. The minimum absolute atomic E-state index is 0.0274. The van der Waals surface area contributed by atoms with Crippen LogP contribution in [0.2, 0.25) is 0 Å². The Kier molecular flexibility index (Phi) is 3.36. The van der Waals surface area contributed by atoms with Gasteiger partial charge in [0.05, 0.1) is 29.5 Å². The number of aromatic nitrogens is 2. The van der Waals surface area contributed by atoms with Crippen LogP contribution in [0, 0.1) is 5.41 Å². The Morgan fingerprint density at radius 3 is 2.82 bits per heavy atom. The maximum atomic E-state index is 10.8. The van der Waals surface area contributed by atoms with Crippen molar-refractivity contribution in [1.29, 1.82) is 0 Å². The summed E-state index contributed by atoms with van der Waals surface area (Å²) in [4.78, 5) is 0. The molecule has 1 aromatic heterocycles. The van der Waals surface area contributed by atoms with Crippen LogP contribution in [0.5, 0.6) is 0 Å². The summed E-state index contributed by atoms with van der Waals surface area (Å²) >= 11 is 3.48. The highest BCUT2D eigenvalue weighted by atomic mass is 79.9. The Labute approximate surface area is 110 Å². The first kappa shape index (κ1) is 13.1. The summed E-state index contributed by atoms with van der Waals surface area (Å²) in [5.41, 5.74) is -0.0225. The van der Waals surface area contributed by atoms with E-state index < -0.39 is 5.60 Å². The minimum Gasteiger partial charge on any atom is -0.383 e. The zero-order valence-corrected chi connectivity index (χ0v) is 12.1. The van der Waals surface area contributed by atoms with Crippen molar-refractivity contribution in [3.8, 4) is 0 Å². The molecule has 0 aromatic carbocycles. The van der Waals surface area contributed by atoms with Gasteiger partial charge in [-0.05, 0) is 35.7 Å². The van der Waals surface area contributed by atoms with Crippen molar-refractivity contribution in [1.82, 2.24) is 9.78 Å². The quantitative estimate of drug-likeness (QED) is 0.908. The molecule has 0 spiro atoms. The first-order chi connectivity index (χ1) is 7.92. The van der Waals surface area contributed by atoms with Crippen LogP contribution in [0.3, 0.4) is 0 Å². The lowest BCUT2D eigenvalue weighted by Gasteiger charge is -2.31. The molecule has 5 heteroatoms. The number of aliphatic hydroxyl groups is 1. The molecular formula is C12H19BrN2O2. The van der Waals surface area contributed by atoms with E-state index in [9.17, 15) is 5.11 Å². The van der Waals surface area contributed by atoms with Gasteiger partial charge in [0.15, 0.2) is 0 Å². The standard InChI is InChI=1S/C12H19BrN2O2/c1-11(4-5-11)12(2,16)10-9(13)8-14-15(10)6-7-17-3/h8,16H,4-7H2,1-3H3. The Hall–Kier alpha value is -0.390. The fourth-order valence-corrected chi connectivity index (χ4v) is 2.84. The Balaban J connectivity index is 2.33. The second-order valence-electron chi connectivity index (χ2n) is 5.19. The summed E-state index contributed by atoms with van der Waals surface area (Å²) in [5, 5.41) is 15.1. The van der Waals surface area contributed by atoms with Crippen molar-refractivity contribution in [3.63, 3.8) is 0 Å². The molecule has 2 rings (SSSR count). The zero-order chi connectivity index (χ0) is 12.7. The number of halogens is 1. The molecule has 0 aliphatic heterocycles. The molecule has 1 aliphatic carbocycles. The molecule has 1 fully saturated rings. The fraction of sp³-hybridized carbons (Fsp3) is 0.750. The number of rotatable bonds is 5. The second kappa shape index (κ2) is 4.37. The molecule has 17 heavy (non-hydrogen) atoms. The van der Waals surface area contributed by atoms with Crippen LogP contribution in [-0.4, -0.2) is 28.6 Å². The molecule has 1 heterocycles. The van der Waals surface area contributed by atoms with E-state index in [0.29, 0.717) is 13.2 Å². The highest BCUT2D eigenvalue weighted by molar-refractivity contribution is 9.10. The first-order valence-corrected chi connectivity index (χ1v) is 6.65. The van der Waals surface area contributed by atoms with Gasteiger partial charge in [-0.25, -0.2) is 0 Å². The zero-order valence-electron chi connectivity index (χ0n) is 10.5. The summed E-state index contributed by atoms with van der Waals surface area (Å²) in [6, 6.07) is 0. The third-order valence-corrected chi connectivity index (χ3v) is 4.52. The lowest BCUT2D eigenvalue weighted by Crippen LogP contribution is -2.35. The molecule has 0 saturated heterocycles. The van der Waals surface area contributed by atoms with E-state index in [4.69, 9.17) is 4.74 Å². The number of hydrogen-bond donors (Lipinski definition) is 1. The van der Waals surface area contributed by atoms with Crippen LogP contribution in [0.1, 0.15) is 32.4 Å². The number of hydrogen-bond acceptors (Lipinski definition) is 3. The van der Waals surface area contributed by atoms with E-state index in [-0.39, 0.29) is 5.41 Å². The lowest BCUT2D eigenvalue weighted by atomic mass is 9.84. The van der Waals surface area contributed by atoms with Gasteiger partial charge >= 0.3 is 0 Å². The van der Waals surface area contributed by atoms with E-state index in [0.717, 1.165) is 23.0 Å². The van der Waals surface area contributed by atoms with Gasteiger partial charge in [0, 0.05) is 12.5 Å². The van der Waals surface area contributed by atoms with Gasteiger partial charge in [-0.15, -0.1) is 0 Å². The average molecular weight is 303 g/mol. The largest absolute Gasteiger partial charge is 0.383 e. The molecule has 1 atom stereocenters. The molecule has 1 saturated carbocycles. The van der Waals surface area contributed by atoms with Gasteiger partial charge in [-0.3, -0.25) is 4.68 Å². The molecule has 4 nitrogen and oxygen atoms in total. The lowest BCUT2D eigenvalue weighted by molar-refractivity contribution is -0.0222. The predicted octanol–water partition coefficient (Wildman–Crippen LogP) is 2.30.